The van der Waals surface area contributed by atoms with Crippen LogP contribution in [-0.4, -0.2) is 20.1 Å². The van der Waals surface area contributed by atoms with Crippen LogP contribution in [0.3, 0.4) is 0 Å². The predicted octanol–water partition coefficient (Wildman–Crippen LogP) is -0.964. The van der Waals surface area contributed by atoms with E-state index in [0.29, 0.717) is 0 Å². The summed E-state index contributed by atoms with van der Waals surface area (Å²) in [5, 5.41) is 0. The molecule has 0 aliphatic carbocycles. The molecule has 0 bridgehead atoms. The van der Waals surface area contributed by atoms with Gasteiger partial charge in [0.15, 0.2) is 0 Å². The molecule has 1 aromatic heterocycles. The second kappa shape index (κ2) is 4.35. The molecule has 2 rings (SSSR count). The molecular formula is C12H13B2N. The Balaban J connectivity index is 2.15. The largest absolute Gasteiger partial charge is 0.272 e. The van der Waals surface area contributed by atoms with Crippen molar-refractivity contribution >= 4 is 31.6 Å². The fourth-order valence-electron chi connectivity index (χ4n) is 1.52. The van der Waals surface area contributed by atoms with E-state index in [-0.39, 0.29) is 0 Å². The van der Waals surface area contributed by atoms with Crippen LogP contribution in [0.15, 0.2) is 42.6 Å². The Hall–Kier alpha value is -1.50. The molecule has 0 radical (unpaired) electrons. The highest BCUT2D eigenvalue weighted by Gasteiger charge is 1.99. The molecule has 0 N–H and O–H groups in total. The molecule has 3 heteroatoms. The van der Waals surface area contributed by atoms with E-state index in [1.807, 2.05) is 6.20 Å². The van der Waals surface area contributed by atoms with Crippen LogP contribution in [0.5, 0.6) is 0 Å². The third-order valence-electron chi connectivity index (χ3n) is 2.48. The van der Waals surface area contributed by atoms with Crippen molar-refractivity contribution in [3.05, 3.63) is 48.2 Å². The zero-order chi connectivity index (χ0) is 10.7. The third-order valence-corrected chi connectivity index (χ3v) is 2.48. The van der Waals surface area contributed by atoms with Crippen molar-refractivity contribution in [1.29, 1.82) is 0 Å². The van der Waals surface area contributed by atoms with Crippen LogP contribution < -0.4 is 16.5 Å². The normalized spacial score (nSPS) is 9.93. The summed E-state index contributed by atoms with van der Waals surface area (Å²) in [5.74, 6) is 0. The van der Waals surface area contributed by atoms with Gasteiger partial charge in [-0.25, -0.2) is 0 Å². The van der Waals surface area contributed by atoms with E-state index >= 15 is 0 Å². The van der Waals surface area contributed by atoms with E-state index in [1.54, 1.807) is 0 Å². The van der Waals surface area contributed by atoms with Crippen LogP contribution in [-0.2, 0) is 0 Å². The van der Waals surface area contributed by atoms with Crippen molar-refractivity contribution in [3.63, 3.8) is 0 Å². The van der Waals surface area contributed by atoms with Gasteiger partial charge in [0, 0.05) is 11.8 Å². The van der Waals surface area contributed by atoms with Gasteiger partial charge < -0.3 is 0 Å². The minimum Gasteiger partial charge on any atom is -0.272 e. The molecule has 1 aromatic carbocycles. The fourth-order valence-corrected chi connectivity index (χ4v) is 1.52. The van der Waals surface area contributed by atoms with E-state index in [9.17, 15) is 0 Å². The van der Waals surface area contributed by atoms with Crippen LogP contribution in [0.1, 0.15) is 5.56 Å². The van der Waals surface area contributed by atoms with Gasteiger partial charge in [-0.05, 0) is 6.92 Å². The molecule has 0 fully saturated rings. The van der Waals surface area contributed by atoms with Gasteiger partial charge in [-0.15, -0.1) is 0 Å². The van der Waals surface area contributed by atoms with Gasteiger partial charge in [0.25, 0.3) is 0 Å². The summed E-state index contributed by atoms with van der Waals surface area (Å²) in [6.45, 7) is 2.11. The minimum absolute atomic E-state index is 0.917. The Morgan fingerprint density at radius 2 is 1.80 bits per heavy atom. The van der Waals surface area contributed by atoms with Gasteiger partial charge >= 0.3 is 0 Å². The van der Waals surface area contributed by atoms with Gasteiger partial charge in [0.1, 0.15) is 7.85 Å². The van der Waals surface area contributed by atoms with Crippen molar-refractivity contribution in [2.24, 2.45) is 0 Å². The quantitative estimate of drug-likeness (QED) is 0.559. The number of aromatic nitrogens is 1. The van der Waals surface area contributed by atoms with E-state index < -0.39 is 0 Å². The molecule has 0 saturated heterocycles. The lowest BCUT2D eigenvalue weighted by Gasteiger charge is -2.00. The first-order chi connectivity index (χ1) is 7.24. The van der Waals surface area contributed by atoms with Crippen LogP contribution in [0, 0.1) is 6.92 Å². The zero-order valence-corrected chi connectivity index (χ0v) is 9.20. The molecule has 1 nitrogen and oxygen atoms in total. The molecule has 0 aliphatic rings. The maximum Gasteiger partial charge on any atom is 0.216 e. The minimum atomic E-state index is 0.917. The van der Waals surface area contributed by atoms with Crippen LogP contribution in [0.25, 0.3) is 0 Å². The van der Waals surface area contributed by atoms with Gasteiger partial charge in [0.2, 0.25) is 7.28 Å². The molecule has 0 unspecified atom stereocenters. The van der Waals surface area contributed by atoms with Gasteiger partial charge in [-0.2, -0.15) is 0 Å². The maximum absolute atomic E-state index is 4.40. The molecular weight excluding hydrogens is 180 g/mol. The average molecular weight is 193 g/mol. The number of hydrogen-bond donors (Lipinski definition) is 0. The molecule has 0 atom stereocenters. The van der Waals surface area contributed by atoms with Crippen molar-refractivity contribution in [1.82, 2.24) is 4.98 Å². The highest BCUT2D eigenvalue weighted by molar-refractivity contribution is 6.66. The van der Waals surface area contributed by atoms with Crippen molar-refractivity contribution in [2.45, 2.75) is 6.92 Å². The first-order valence-electron chi connectivity index (χ1n) is 5.21. The van der Waals surface area contributed by atoms with E-state index in [0.717, 1.165) is 12.9 Å². The summed E-state index contributed by atoms with van der Waals surface area (Å²) in [7, 11) is 2.98. The Morgan fingerprint density at radius 3 is 2.40 bits per heavy atom. The van der Waals surface area contributed by atoms with Crippen molar-refractivity contribution < 1.29 is 0 Å². The molecule has 2 aromatic rings. The summed E-state index contributed by atoms with van der Waals surface area (Å²) >= 11 is 0. The first kappa shape index (κ1) is 10.0. The second-order valence-electron chi connectivity index (χ2n) is 3.99. The van der Waals surface area contributed by atoms with Crippen LogP contribution in [0.4, 0.5) is 0 Å². The zero-order valence-electron chi connectivity index (χ0n) is 9.20. The third kappa shape index (κ3) is 2.72. The Bertz CT molecular complexity index is 391. The van der Waals surface area contributed by atoms with Crippen LogP contribution in [0.2, 0.25) is 0 Å². The Labute approximate surface area is 92.2 Å². The average Bonchev–Trinajstić information content (AvgIpc) is 2.25. The van der Waals surface area contributed by atoms with Crippen LogP contribution >= 0.6 is 0 Å². The Morgan fingerprint density at radius 1 is 1.07 bits per heavy atom. The lowest BCUT2D eigenvalue weighted by molar-refractivity contribution is 1.41. The number of pyridine rings is 1. The number of benzene rings is 1. The standard InChI is InChI=1S/C12H13B2N/c1-9-2-5-11(6-3-9)14-12-7-4-10(13)8-15-12/h2-8,14H,13H2,1H3. The van der Waals surface area contributed by atoms with E-state index in [4.69, 9.17) is 0 Å². The van der Waals surface area contributed by atoms with Crippen molar-refractivity contribution in [2.75, 3.05) is 0 Å². The lowest BCUT2D eigenvalue weighted by Crippen LogP contribution is -2.30. The van der Waals surface area contributed by atoms with Gasteiger partial charge in [-0.1, -0.05) is 52.9 Å². The molecule has 0 saturated carbocycles. The summed E-state index contributed by atoms with van der Waals surface area (Å²) < 4.78 is 0. The molecule has 0 aliphatic heterocycles. The fraction of sp³-hybridized carbons (Fsp3) is 0.0833. The maximum atomic E-state index is 4.40. The second-order valence-corrected chi connectivity index (χ2v) is 3.99. The molecule has 1 heterocycles. The number of aryl methyl sites for hydroxylation is 1. The Kier molecular flexibility index (Phi) is 2.91. The highest BCUT2D eigenvalue weighted by atomic mass is 14.6. The number of hydrogen-bond acceptors (Lipinski definition) is 1. The van der Waals surface area contributed by atoms with E-state index in [1.165, 1.54) is 16.5 Å². The number of nitrogens with zero attached hydrogens (tertiary/aromatic N) is 1. The predicted molar refractivity (Wildman–Crippen MR) is 70.0 cm³/mol. The van der Waals surface area contributed by atoms with Gasteiger partial charge in [0.05, 0.1) is 0 Å². The molecule has 0 spiro atoms. The molecule has 15 heavy (non-hydrogen) atoms. The van der Waals surface area contributed by atoms with Gasteiger partial charge in [-0.3, -0.25) is 4.98 Å². The lowest BCUT2D eigenvalue weighted by atomic mass is 9.66. The summed E-state index contributed by atoms with van der Waals surface area (Å²) in [6, 6.07) is 12.8. The monoisotopic (exact) mass is 193 g/mol. The number of rotatable bonds is 2. The molecule has 0 amide bonds. The molecule has 72 valence electrons. The topological polar surface area (TPSA) is 12.9 Å². The summed E-state index contributed by atoms with van der Waals surface area (Å²) in [5.41, 5.74) is 4.96. The first-order valence-corrected chi connectivity index (χ1v) is 5.21. The smallest absolute Gasteiger partial charge is 0.216 e. The van der Waals surface area contributed by atoms with Crippen molar-refractivity contribution in [3.8, 4) is 0 Å². The summed E-state index contributed by atoms with van der Waals surface area (Å²) in [6.07, 6.45) is 1.92. The SMILES string of the molecule is Bc1ccc(Bc2ccc(C)cc2)nc1. The van der Waals surface area contributed by atoms with E-state index in [2.05, 4.69) is 56.2 Å². The summed E-state index contributed by atoms with van der Waals surface area (Å²) in [4.78, 5) is 4.40. The highest BCUT2D eigenvalue weighted by Crippen LogP contribution is 1.91.